The van der Waals surface area contributed by atoms with E-state index in [9.17, 15) is 34.2 Å². The molecule has 0 saturated heterocycles. The fraction of sp³-hybridized carbons (Fsp3) is 0.700. The second-order valence-corrected chi connectivity index (χ2v) is 8.08. The molecule has 4 amide bonds. The van der Waals surface area contributed by atoms with Gasteiger partial charge in [0.05, 0.1) is 12.6 Å². The molecular formula is C20H38N8O7. The highest BCUT2D eigenvalue weighted by Crippen LogP contribution is 2.08. The largest absolute Gasteiger partial charge is 0.480 e. The average molecular weight is 503 g/mol. The third-order valence-corrected chi connectivity index (χ3v) is 5.21. The van der Waals surface area contributed by atoms with Gasteiger partial charge in [0.2, 0.25) is 23.6 Å². The first kappa shape index (κ1) is 31.5. The highest BCUT2D eigenvalue weighted by Gasteiger charge is 2.31. The SMILES string of the molecule is CCC(C)C(NC(=O)C(CO)NC(=O)C(CCC(N)=O)NC(=O)C(N)CCCN=C(N)N)C(=O)O. The van der Waals surface area contributed by atoms with Crippen LogP contribution >= 0.6 is 0 Å². The first-order valence-electron chi connectivity index (χ1n) is 11.2. The lowest BCUT2D eigenvalue weighted by atomic mass is 9.99. The first-order chi connectivity index (χ1) is 16.3. The van der Waals surface area contributed by atoms with Crippen molar-refractivity contribution in [1.29, 1.82) is 0 Å². The van der Waals surface area contributed by atoms with Crippen LogP contribution < -0.4 is 38.9 Å². The topological polar surface area (TPSA) is 278 Å². The van der Waals surface area contributed by atoms with Gasteiger partial charge in [-0.3, -0.25) is 24.2 Å². The van der Waals surface area contributed by atoms with Crippen LogP contribution in [-0.2, 0) is 24.0 Å². The highest BCUT2D eigenvalue weighted by atomic mass is 16.4. The number of aliphatic hydroxyl groups excluding tert-OH is 1. The summed E-state index contributed by atoms with van der Waals surface area (Å²) in [6.07, 6.45) is 0.584. The van der Waals surface area contributed by atoms with Crippen LogP contribution in [0.1, 0.15) is 46.0 Å². The minimum atomic E-state index is -1.50. The quantitative estimate of drug-likeness (QED) is 0.0531. The van der Waals surface area contributed by atoms with Crippen molar-refractivity contribution in [3.05, 3.63) is 0 Å². The van der Waals surface area contributed by atoms with Crippen molar-refractivity contribution in [2.75, 3.05) is 13.2 Å². The smallest absolute Gasteiger partial charge is 0.326 e. The molecule has 0 saturated carbocycles. The number of carboxylic acid groups (broad SMARTS) is 1. The van der Waals surface area contributed by atoms with E-state index in [4.69, 9.17) is 22.9 Å². The molecule has 200 valence electrons. The van der Waals surface area contributed by atoms with Crippen molar-refractivity contribution < 1.29 is 34.2 Å². The number of hydrogen-bond donors (Lipinski definition) is 9. The van der Waals surface area contributed by atoms with Gasteiger partial charge in [0.1, 0.15) is 18.1 Å². The summed E-state index contributed by atoms with van der Waals surface area (Å²) >= 11 is 0. The molecule has 0 aliphatic carbocycles. The van der Waals surface area contributed by atoms with E-state index in [1.54, 1.807) is 13.8 Å². The molecule has 0 aromatic carbocycles. The number of amides is 4. The maximum absolute atomic E-state index is 12.8. The summed E-state index contributed by atoms with van der Waals surface area (Å²) in [6.45, 7) is 2.78. The third kappa shape index (κ3) is 12.5. The Morgan fingerprint density at radius 1 is 0.914 bits per heavy atom. The van der Waals surface area contributed by atoms with Gasteiger partial charge in [-0.1, -0.05) is 20.3 Å². The Hall–Kier alpha value is -3.46. The van der Waals surface area contributed by atoms with Crippen LogP contribution in [0.5, 0.6) is 0 Å². The van der Waals surface area contributed by atoms with Crippen molar-refractivity contribution >= 4 is 35.6 Å². The maximum Gasteiger partial charge on any atom is 0.326 e. The third-order valence-electron chi connectivity index (χ3n) is 5.21. The Bertz CT molecular complexity index is 773. The van der Waals surface area contributed by atoms with Crippen LogP contribution in [0.15, 0.2) is 4.99 Å². The molecule has 15 nitrogen and oxygen atoms in total. The van der Waals surface area contributed by atoms with E-state index in [1.807, 2.05) is 0 Å². The predicted octanol–water partition coefficient (Wildman–Crippen LogP) is -3.79. The number of nitrogens with zero attached hydrogens (tertiary/aromatic N) is 1. The van der Waals surface area contributed by atoms with E-state index in [-0.39, 0.29) is 31.8 Å². The summed E-state index contributed by atoms with van der Waals surface area (Å²) in [5, 5.41) is 25.9. The molecule has 5 unspecified atom stereocenters. The fourth-order valence-electron chi connectivity index (χ4n) is 2.89. The van der Waals surface area contributed by atoms with Crippen LogP contribution in [-0.4, -0.2) is 83.1 Å². The number of carbonyl (C=O) groups is 5. The van der Waals surface area contributed by atoms with Crippen molar-refractivity contribution in [3.63, 3.8) is 0 Å². The predicted molar refractivity (Wildman–Crippen MR) is 126 cm³/mol. The standard InChI is InChI=1S/C20H38N8O7/c1-3-10(2)15(19(34)35)28-18(33)13(9-29)27-17(32)12(6-7-14(22)30)26-16(31)11(21)5-4-8-25-20(23)24/h10-13,15,29H,3-9,21H2,1-2H3,(H2,22,30)(H,26,31)(H,27,32)(H,28,33)(H,34,35)(H4,23,24,25). The van der Waals surface area contributed by atoms with Gasteiger partial charge in [0.15, 0.2) is 5.96 Å². The number of carboxylic acids is 1. The molecule has 15 heteroatoms. The number of aliphatic imine (C=N–C) groups is 1. The number of aliphatic hydroxyl groups is 1. The molecule has 0 rings (SSSR count). The van der Waals surface area contributed by atoms with Gasteiger partial charge in [0.25, 0.3) is 0 Å². The minimum Gasteiger partial charge on any atom is -0.480 e. The number of carbonyl (C=O) groups excluding carboxylic acids is 4. The number of hydrogen-bond acceptors (Lipinski definition) is 8. The lowest BCUT2D eigenvalue weighted by Crippen LogP contribution is -2.58. The molecule has 0 aliphatic rings. The summed E-state index contributed by atoms with van der Waals surface area (Å²) in [5.74, 6) is -5.03. The Balaban J connectivity index is 5.27. The fourth-order valence-corrected chi connectivity index (χ4v) is 2.89. The summed E-state index contributed by atoms with van der Waals surface area (Å²) in [4.78, 5) is 64.1. The lowest BCUT2D eigenvalue weighted by Gasteiger charge is -2.25. The van der Waals surface area contributed by atoms with Gasteiger partial charge >= 0.3 is 5.97 Å². The molecule has 0 aliphatic heterocycles. The summed E-state index contributed by atoms with van der Waals surface area (Å²) in [5.41, 5.74) is 21.4. The molecule has 13 N–H and O–H groups in total. The van der Waals surface area contributed by atoms with Gasteiger partial charge in [-0.25, -0.2) is 4.79 Å². The maximum atomic E-state index is 12.8. The first-order valence-corrected chi connectivity index (χ1v) is 11.2. The van der Waals surface area contributed by atoms with Gasteiger partial charge in [-0.2, -0.15) is 0 Å². The van der Waals surface area contributed by atoms with Crippen LogP contribution in [0.25, 0.3) is 0 Å². The van der Waals surface area contributed by atoms with E-state index in [2.05, 4.69) is 20.9 Å². The number of guanidine groups is 1. The Kier molecular flexibility index (Phi) is 14.6. The monoisotopic (exact) mass is 502 g/mol. The Labute approximate surface area is 203 Å². The Morgan fingerprint density at radius 2 is 1.49 bits per heavy atom. The molecule has 0 spiro atoms. The number of primary amides is 1. The van der Waals surface area contributed by atoms with E-state index in [1.165, 1.54) is 0 Å². The summed E-state index contributed by atoms with van der Waals surface area (Å²) in [6, 6.07) is -5.06. The molecule has 0 fully saturated rings. The number of rotatable bonds is 17. The molecule has 0 aromatic heterocycles. The molecule has 35 heavy (non-hydrogen) atoms. The molecular weight excluding hydrogens is 464 g/mol. The van der Waals surface area contributed by atoms with Crippen molar-refractivity contribution in [2.45, 2.75) is 70.1 Å². The van der Waals surface area contributed by atoms with E-state index >= 15 is 0 Å². The van der Waals surface area contributed by atoms with Crippen molar-refractivity contribution in [2.24, 2.45) is 33.8 Å². The second-order valence-electron chi connectivity index (χ2n) is 8.08. The molecule has 0 radical (unpaired) electrons. The zero-order chi connectivity index (χ0) is 27.1. The highest BCUT2D eigenvalue weighted by molar-refractivity contribution is 5.94. The number of aliphatic carboxylic acids is 1. The van der Waals surface area contributed by atoms with Crippen LogP contribution in [0.3, 0.4) is 0 Å². The summed E-state index contributed by atoms with van der Waals surface area (Å²) < 4.78 is 0. The van der Waals surface area contributed by atoms with E-state index in [0.717, 1.165) is 0 Å². The minimum absolute atomic E-state index is 0.104. The van der Waals surface area contributed by atoms with Crippen LogP contribution in [0.4, 0.5) is 0 Å². The zero-order valence-electron chi connectivity index (χ0n) is 20.0. The molecule has 0 aromatic rings. The normalized spacial score (nSPS) is 15.0. The van der Waals surface area contributed by atoms with Crippen LogP contribution in [0, 0.1) is 5.92 Å². The van der Waals surface area contributed by atoms with Gasteiger partial charge in [-0.05, 0) is 25.2 Å². The van der Waals surface area contributed by atoms with Gasteiger partial charge in [-0.15, -0.1) is 0 Å². The average Bonchev–Trinajstić information content (AvgIpc) is 2.79. The van der Waals surface area contributed by atoms with E-state index in [0.29, 0.717) is 12.8 Å². The lowest BCUT2D eigenvalue weighted by molar-refractivity contribution is -0.144. The molecule has 5 atom stereocenters. The van der Waals surface area contributed by atoms with E-state index < -0.39 is 66.3 Å². The van der Waals surface area contributed by atoms with Crippen molar-refractivity contribution in [1.82, 2.24) is 16.0 Å². The molecule has 0 bridgehead atoms. The number of nitrogens with two attached hydrogens (primary N) is 4. The second kappa shape index (κ2) is 16.2. The Morgan fingerprint density at radius 3 is 1.97 bits per heavy atom. The van der Waals surface area contributed by atoms with Crippen molar-refractivity contribution in [3.8, 4) is 0 Å². The van der Waals surface area contributed by atoms with Crippen LogP contribution in [0.2, 0.25) is 0 Å². The molecule has 0 heterocycles. The van der Waals surface area contributed by atoms with Gasteiger partial charge < -0.3 is 49.1 Å². The number of nitrogens with one attached hydrogen (secondary N) is 3. The summed E-state index contributed by atoms with van der Waals surface area (Å²) in [7, 11) is 0. The zero-order valence-corrected chi connectivity index (χ0v) is 20.0. The van der Waals surface area contributed by atoms with Gasteiger partial charge in [0, 0.05) is 13.0 Å².